The minimum Gasteiger partial charge on any atom is -0.493 e. The van der Waals surface area contributed by atoms with Crippen LogP contribution in [0.15, 0.2) is 18.2 Å². The number of hydrogen-bond donors (Lipinski definition) is 1. The Morgan fingerprint density at radius 2 is 2.12 bits per heavy atom. The first kappa shape index (κ1) is 12.2. The van der Waals surface area contributed by atoms with Gasteiger partial charge in [-0.3, -0.25) is 0 Å². The molecule has 0 spiro atoms. The Balaban J connectivity index is 1.98. The summed E-state index contributed by atoms with van der Waals surface area (Å²) in [4.78, 5) is 0. The van der Waals surface area contributed by atoms with Gasteiger partial charge in [0.1, 0.15) is 0 Å². The fraction of sp³-hybridized carbons (Fsp3) is 0.571. The number of ether oxygens (including phenoxy) is 2. The molecule has 0 aliphatic heterocycles. The zero-order valence-electron chi connectivity index (χ0n) is 10.5. The maximum atomic E-state index is 9.50. The summed E-state index contributed by atoms with van der Waals surface area (Å²) in [5.41, 5.74) is 0.844. The standard InChI is InChI=1S/C14H20O3/c1-10(15)12-5-6-13(14(9-12)16-2)17-8-7-11-3-4-11/h5-6,9-11,15H,3-4,7-8H2,1-2H3/t10-/m1/s1. The van der Waals surface area contributed by atoms with Gasteiger partial charge >= 0.3 is 0 Å². The lowest BCUT2D eigenvalue weighted by Gasteiger charge is -2.13. The molecular weight excluding hydrogens is 216 g/mol. The molecule has 3 heteroatoms. The van der Waals surface area contributed by atoms with E-state index in [0.29, 0.717) is 5.75 Å². The Morgan fingerprint density at radius 1 is 1.35 bits per heavy atom. The van der Waals surface area contributed by atoms with Crippen molar-refractivity contribution in [2.45, 2.75) is 32.3 Å². The quantitative estimate of drug-likeness (QED) is 0.825. The van der Waals surface area contributed by atoms with E-state index in [4.69, 9.17) is 9.47 Å². The molecule has 2 rings (SSSR count). The number of aliphatic hydroxyl groups excluding tert-OH is 1. The first-order valence-electron chi connectivity index (χ1n) is 6.19. The molecule has 1 aromatic rings. The Morgan fingerprint density at radius 3 is 2.71 bits per heavy atom. The first-order valence-corrected chi connectivity index (χ1v) is 6.19. The summed E-state index contributed by atoms with van der Waals surface area (Å²) in [6.07, 6.45) is 3.34. The van der Waals surface area contributed by atoms with Crippen LogP contribution in [0.2, 0.25) is 0 Å². The lowest BCUT2D eigenvalue weighted by atomic mass is 10.1. The molecule has 94 valence electrons. The van der Waals surface area contributed by atoms with Crippen molar-refractivity contribution >= 4 is 0 Å². The van der Waals surface area contributed by atoms with Gasteiger partial charge in [0.25, 0.3) is 0 Å². The maximum Gasteiger partial charge on any atom is 0.161 e. The molecule has 1 fully saturated rings. The van der Waals surface area contributed by atoms with Gasteiger partial charge in [-0.2, -0.15) is 0 Å². The second-order valence-corrected chi connectivity index (χ2v) is 4.67. The zero-order chi connectivity index (χ0) is 12.3. The van der Waals surface area contributed by atoms with Crippen LogP contribution in [-0.4, -0.2) is 18.8 Å². The summed E-state index contributed by atoms with van der Waals surface area (Å²) in [5, 5.41) is 9.50. The number of benzene rings is 1. The zero-order valence-corrected chi connectivity index (χ0v) is 10.5. The van der Waals surface area contributed by atoms with E-state index < -0.39 is 6.10 Å². The average Bonchev–Trinajstić information content (AvgIpc) is 3.13. The highest BCUT2D eigenvalue weighted by Crippen LogP contribution is 2.34. The molecule has 1 saturated carbocycles. The van der Waals surface area contributed by atoms with E-state index in [1.165, 1.54) is 12.8 Å². The SMILES string of the molecule is COc1cc([C@@H](C)O)ccc1OCCC1CC1. The van der Waals surface area contributed by atoms with Crippen molar-refractivity contribution in [2.75, 3.05) is 13.7 Å². The third-order valence-corrected chi connectivity index (χ3v) is 3.15. The topological polar surface area (TPSA) is 38.7 Å². The fourth-order valence-electron chi connectivity index (χ4n) is 1.81. The van der Waals surface area contributed by atoms with Crippen molar-refractivity contribution in [3.05, 3.63) is 23.8 Å². The van der Waals surface area contributed by atoms with Gasteiger partial charge in [-0.15, -0.1) is 0 Å². The second kappa shape index (κ2) is 5.41. The van der Waals surface area contributed by atoms with Crippen LogP contribution in [0.4, 0.5) is 0 Å². The molecule has 0 unspecified atom stereocenters. The lowest BCUT2D eigenvalue weighted by Crippen LogP contribution is -2.01. The Labute approximate surface area is 102 Å². The molecule has 3 nitrogen and oxygen atoms in total. The highest BCUT2D eigenvalue weighted by molar-refractivity contribution is 5.43. The molecule has 1 atom stereocenters. The molecular formula is C14H20O3. The summed E-state index contributed by atoms with van der Waals surface area (Å²) in [6.45, 7) is 2.48. The van der Waals surface area contributed by atoms with Gasteiger partial charge in [-0.05, 0) is 37.0 Å². The van der Waals surface area contributed by atoms with E-state index in [1.807, 2.05) is 18.2 Å². The van der Waals surface area contributed by atoms with Crippen LogP contribution in [-0.2, 0) is 0 Å². The molecule has 0 radical (unpaired) electrons. The largest absolute Gasteiger partial charge is 0.493 e. The van der Waals surface area contributed by atoms with Crippen LogP contribution in [0.3, 0.4) is 0 Å². The number of hydrogen-bond acceptors (Lipinski definition) is 3. The maximum absolute atomic E-state index is 9.50. The minimum atomic E-state index is -0.482. The summed E-state index contributed by atoms with van der Waals surface area (Å²) < 4.78 is 11.0. The molecule has 0 saturated heterocycles. The number of rotatable bonds is 6. The highest BCUT2D eigenvalue weighted by atomic mass is 16.5. The molecule has 17 heavy (non-hydrogen) atoms. The number of aliphatic hydroxyl groups is 1. The van der Waals surface area contributed by atoms with Crippen molar-refractivity contribution in [1.82, 2.24) is 0 Å². The van der Waals surface area contributed by atoms with Crippen LogP contribution in [0.25, 0.3) is 0 Å². The lowest BCUT2D eigenvalue weighted by molar-refractivity contribution is 0.198. The van der Waals surface area contributed by atoms with Gasteiger partial charge in [0.2, 0.25) is 0 Å². The van der Waals surface area contributed by atoms with Crippen LogP contribution >= 0.6 is 0 Å². The highest BCUT2D eigenvalue weighted by Gasteiger charge is 2.21. The van der Waals surface area contributed by atoms with E-state index in [0.717, 1.165) is 30.3 Å². The van der Waals surface area contributed by atoms with E-state index in [-0.39, 0.29) is 0 Å². The van der Waals surface area contributed by atoms with Gasteiger partial charge in [0.15, 0.2) is 11.5 Å². The Hall–Kier alpha value is -1.22. The summed E-state index contributed by atoms with van der Waals surface area (Å²) in [7, 11) is 1.62. The fourth-order valence-corrected chi connectivity index (χ4v) is 1.81. The average molecular weight is 236 g/mol. The normalized spacial score (nSPS) is 16.6. The third-order valence-electron chi connectivity index (χ3n) is 3.15. The molecule has 0 amide bonds. The monoisotopic (exact) mass is 236 g/mol. The summed E-state index contributed by atoms with van der Waals surface area (Å²) in [5.74, 6) is 2.33. The van der Waals surface area contributed by atoms with Crippen molar-refractivity contribution in [1.29, 1.82) is 0 Å². The molecule has 1 aliphatic rings. The van der Waals surface area contributed by atoms with Crippen molar-refractivity contribution in [3.8, 4) is 11.5 Å². The third kappa shape index (κ3) is 3.37. The minimum absolute atomic E-state index is 0.482. The second-order valence-electron chi connectivity index (χ2n) is 4.67. The molecule has 0 bridgehead atoms. The molecule has 1 N–H and O–H groups in total. The van der Waals surface area contributed by atoms with E-state index in [2.05, 4.69) is 0 Å². The van der Waals surface area contributed by atoms with Gasteiger partial charge < -0.3 is 14.6 Å². The predicted molar refractivity (Wildman–Crippen MR) is 66.5 cm³/mol. The smallest absolute Gasteiger partial charge is 0.161 e. The van der Waals surface area contributed by atoms with Crippen molar-refractivity contribution in [3.63, 3.8) is 0 Å². The summed E-state index contributed by atoms with van der Waals surface area (Å²) >= 11 is 0. The summed E-state index contributed by atoms with van der Waals surface area (Å²) in [6, 6.07) is 5.57. The van der Waals surface area contributed by atoms with Crippen LogP contribution in [0.5, 0.6) is 11.5 Å². The molecule has 1 aliphatic carbocycles. The van der Waals surface area contributed by atoms with Crippen LogP contribution in [0, 0.1) is 5.92 Å². The Bertz CT molecular complexity index is 370. The van der Waals surface area contributed by atoms with Crippen LogP contribution in [0.1, 0.15) is 37.9 Å². The van der Waals surface area contributed by atoms with E-state index in [9.17, 15) is 5.11 Å². The van der Waals surface area contributed by atoms with Crippen molar-refractivity contribution in [2.24, 2.45) is 5.92 Å². The molecule has 1 aromatic carbocycles. The number of methoxy groups -OCH3 is 1. The Kier molecular flexibility index (Phi) is 3.89. The van der Waals surface area contributed by atoms with E-state index in [1.54, 1.807) is 14.0 Å². The van der Waals surface area contributed by atoms with Gasteiger partial charge in [0, 0.05) is 0 Å². The molecule has 0 aromatic heterocycles. The van der Waals surface area contributed by atoms with Gasteiger partial charge in [-0.25, -0.2) is 0 Å². The molecule has 0 heterocycles. The van der Waals surface area contributed by atoms with Gasteiger partial charge in [0.05, 0.1) is 19.8 Å². The van der Waals surface area contributed by atoms with E-state index >= 15 is 0 Å². The van der Waals surface area contributed by atoms with Crippen molar-refractivity contribution < 1.29 is 14.6 Å². The van der Waals surface area contributed by atoms with Crippen LogP contribution < -0.4 is 9.47 Å². The predicted octanol–water partition coefficient (Wildman–Crippen LogP) is 2.93. The first-order chi connectivity index (χ1) is 8.20. The van der Waals surface area contributed by atoms with Gasteiger partial charge in [-0.1, -0.05) is 18.9 Å².